The molecule has 0 heterocycles. The maximum atomic E-state index is 11.9. The van der Waals surface area contributed by atoms with Crippen molar-refractivity contribution < 1.29 is 9.59 Å². The van der Waals surface area contributed by atoms with Crippen LogP contribution in [0.15, 0.2) is 0 Å². The Morgan fingerprint density at radius 3 is 2.25 bits per heavy atom. The fourth-order valence-corrected chi connectivity index (χ4v) is 1.44. The quantitative estimate of drug-likeness (QED) is 0.654. The number of carbonyl (C=O) groups is 2. The summed E-state index contributed by atoms with van der Waals surface area (Å²) in [5.41, 5.74) is 10.9. The molecule has 0 aromatic carbocycles. The van der Waals surface area contributed by atoms with E-state index < -0.39 is 11.9 Å². The topological polar surface area (TPSA) is 89.4 Å². The highest BCUT2D eigenvalue weighted by Gasteiger charge is 2.23. The SMILES string of the molecule is CCCC[C@H](N)C(=O)N(CC(N)=O)C(C)C. The number of hydrogen-bond donors (Lipinski definition) is 2. The van der Waals surface area contributed by atoms with E-state index in [1.165, 1.54) is 4.90 Å². The molecule has 0 saturated carbocycles. The van der Waals surface area contributed by atoms with Crippen molar-refractivity contribution in [1.82, 2.24) is 4.90 Å². The Morgan fingerprint density at radius 2 is 1.88 bits per heavy atom. The zero-order valence-corrected chi connectivity index (χ0v) is 10.4. The number of nitrogens with two attached hydrogens (primary N) is 2. The van der Waals surface area contributed by atoms with E-state index in [2.05, 4.69) is 0 Å². The predicted octanol–water partition coefficient (Wildman–Crippen LogP) is 0.226. The molecule has 94 valence electrons. The summed E-state index contributed by atoms with van der Waals surface area (Å²) in [4.78, 5) is 24.2. The van der Waals surface area contributed by atoms with E-state index in [1.54, 1.807) is 0 Å². The van der Waals surface area contributed by atoms with Gasteiger partial charge in [0.05, 0.1) is 12.6 Å². The van der Waals surface area contributed by atoms with Gasteiger partial charge in [0.2, 0.25) is 11.8 Å². The maximum Gasteiger partial charge on any atom is 0.240 e. The van der Waals surface area contributed by atoms with Gasteiger partial charge < -0.3 is 16.4 Å². The molecule has 5 heteroatoms. The van der Waals surface area contributed by atoms with Crippen LogP contribution in [0.25, 0.3) is 0 Å². The zero-order chi connectivity index (χ0) is 12.7. The van der Waals surface area contributed by atoms with Crippen molar-refractivity contribution in [2.24, 2.45) is 11.5 Å². The van der Waals surface area contributed by atoms with Crippen LogP contribution in [0.1, 0.15) is 40.0 Å². The lowest BCUT2D eigenvalue weighted by atomic mass is 10.1. The van der Waals surface area contributed by atoms with Crippen LogP contribution in [-0.2, 0) is 9.59 Å². The molecular formula is C11H23N3O2. The molecule has 0 unspecified atom stereocenters. The minimum atomic E-state index is -0.526. The normalized spacial score (nSPS) is 12.6. The molecule has 0 rings (SSSR count). The van der Waals surface area contributed by atoms with Gasteiger partial charge in [-0.25, -0.2) is 0 Å². The van der Waals surface area contributed by atoms with Gasteiger partial charge in [0, 0.05) is 6.04 Å². The number of unbranched alkanes of at least 4 members (excludes halogenated alkanes) is 1. The molecule has 0 spiro atoms. The first-order chi connectivity index (χ1) is 7.40. The van der Waals surface area contributed by atoms with Crippen LogP contribution < -0.4 is 11.5 Å². The molecule has 0 aromatic heterocycles. The maximum absolute atomic E-state index is 11.9. The van der Waals surface area contributed by atoms with Crippen LogP contribution in [0.4, 0.5) is 0 Å². The van der Waals surface area contributed by atoms with Crippen LogP contribution >= 0.6 is 0 Å². The standard InChI is InChI=1S/C11H23N3O2/c1-4-5-6-9(12)11(16)14(8(2)3)7-10(13)15/h8-9H,4-7,12H2,1-3H3,(H2,13,15)/t9-/m0/s1. The van der Waals surface area contributed by atoms with E-state index in [0.29, 0.717) is 6.42 Å². The number of carbonyl (C=O) groups excluding carboxylic acids is 2. The lowest BCUT2D eigenvalue weighted by Crippen LogP contribution is -2.50. The van der Waals surface area contributed by atoms with Gasteiger partial charge in [-0.15, -0.1) is 0 Å². The minimum absolute atomic E-state index is 0.0592. The number of primary amides is 1. The number of amides is 2. The van der Waals surface area contributed by atoms with E-state index in [-0.39, 0.29) is 18.5 Å². The summed E-state index contributed by atoms with van der Waals surface area (Å²) in [5.74, 6) is -0.702. The molecule has 0 bridgehead atoms. The summed E-state index contributed by atoms with van der Waals surface area (Å²) in [6, 6.07) is -0.589. The molecule has 0 aliphatic carbocycles. The lowest BCUT2D eigenvalue weighted by Gasteiger charge is -2.28. The van der Waals surface area contributed by atoms with Gasteiger partial charge in [0.25, 0.3) is 0 Å². The van der Waals surface area contributed by atoms with Crippen LogP contribution in [0.2, 0.25) is 0 Å². The Labute approximate surface area is 97.2 Å². The van der Waals surface area contributed by atoms with Gasteiger partial charge in [0.1, 0.15) is 0 Å². The first-order valence-electron chi connectivity index (χ1n) is 5.74. The van der Waals surface area contributed by atoms with Crippen LogP contribution in [0.3, 0.4) is 0 Å². The van der Waals surface area contributed by atoms with Gasteiger partial charge >= 0.3 is 0 Å². The van der Waals surface area contributed by atoms with Crippen molar-refractivity contribution in [2.75, 3.05) is 6.54 Å². The molecule has 0 aromatic rings. The molecule has 0 aliphatic heterocycles. The summed E-state index contributed by atoms with van der Waals surface area (Å²) in [6.45, 7) is 5.66. The molecule has 2 amide bonds. The second-order valence-corrected chi connectivity index (χ2v) is 4.27. The third-order valence-corrected chi connectivity index (χ3v) is 2.42. The summed E-state index contributed by atoms with van der Waals surface area (Å²) in [6.07, 6.45) is 2.56. The first-order valence-corrected chi connectivity index (χ1v) is 5.74. The smallest absolute Gasteiger partial charge is 0.240 e. The molecule has 5 nitrogen and oxygen atoms in total. The van der Waals surface area contributed by atoms with E-state index in [0.717, 1.165) is 12.8 Å². The summed E-state index contributed by atoms with van der Waals surface area (Å²) < 4.78 is 0. The van der Waals surface area contributed by atoms with E-state index in [1.807, 2.05) is 20.8 Å². The van der Waals surface area contributed by atoms with Gasteiger partial charge in [-0.1, -0.05) is 19.8 Å². The van der Waals surface area contributed by atoms with Gasteiger partial charge in [-0.2, -0.15) is 0 Å². The minimum Gasteiger partial charge on any atom is -0.368 e. The monoisotopic (exact) mass is 229 g/mol. The Kier molecular flexibility index (Phi) is 6.72. The molecule has 0 radical (unpaired) electrons. The van der Waals surface area contributed by atoms with Crippen molar-refractivity contribution in [3.8, 4) is 0 Å². The molecule has 4 N–H and O–H groups in total. The van der Waals surface area contributed by atoms with Crippen molar-refractivity contribution in [1.29, 1.82) is 0 Å². The Hall–Kier alpha value is -1.10. The molecule has 0 aliphatic rings. The summed E-state index contributed by atoms with van der Waals surface area (Å²) in [7, 11) is 0. The Morgan fingerprint density at radius 1 is 1.31 bits per heavy atom. The number of hydrogen-bond acceptors (Lipinski definition) is 3. The fourth-order valence-electron chi connectivity index (χ4n) is 1.44. The highest BCUT2D eigenvalue weighted by atomic mass is 16.2. The summed E-state index contributed by atoms with van der Waals surface area (Å²) in [5, 5.41) is 0. The second kappa shape index (κ2) is 7.22. The van der Waals surface area contributed by atoms with Crippen LogP contribution in [0.5, 0.6) is 0 Å². The zero-order valence-electron chi connectivity index (χ0n) is 10.4. The van der Waals surface area contributed by atoms with E-state index in [4.69, 9.17) is 11.5 Å². The van der Waals surface area contributed by atoms with Crippen molar-refractivity contribution in [3.05, 3.63) is 0 Å². The van der Waals surface area contributed by atoms with Crippen LogP contribution in [-0.4, -0.2) is 35.3 Å². The average molecular weight is 229 g/mol. The highest BCUT2D eigenvalue weighted by molar-refractivity contribution is 5.86. The molecule has 16 heavy (non-hydrogen) atoms. The van der Waals surface area contributed by atoms with Crippen molar-refractivity contribution in [2.45, 2.75) is 52.1 Å². The average Bonchev–Trinajstić information content (AvgIpc) is 2.20. The molecule has 0 saturated heterocycles. The second-order valence-electron chi connectivity index (χ2n) is 4.27. The first kappa shape index (κ1) is 14.9. The lowest BCUT2D eigenvalue weighted by molar-refractivity contribution is -0.138. The van der Waals surface area contributed by atoms with Crippen molar-refractivity contribution >= 4 is 11.8 Å². The van der Waals surface area contributed by atoms with E-state index in [9.17, 15) is 9.59 Å². The predicted molar refractivity (Wildman–Crippen MR) is 63.5 cm³/mol. The molecule has 1 atom stereocenters. The Balaban J connectivity index is 4.42. The largest absolute Gasteiger partial charge is 0.368 e. The van der Waals surface area contributed by atoms with Crippen LogP contribution in [0, 0.1) is 0 Å². The van der Waals surface area contributed by atoms with Gasteiger partial charge in [-0.3, -0.25) is 9.59 Å². The van der Waals surface area contributed by atoms with Gasteiger partial charge in [-0.05, 0) is 20.3 Å². The number of rotatable bonds is 7. The third-order valence-electron chi connectivity index (χ3n) is 2.42. The fraction of sp³-hybridized carbons (Fsp3) is 0.818. The Bertz CT molecular complexity index is 241. The summed E-state index contributed by atoms with van der Waals surface area (Å²) >= 11 is 0. The van der Waals surface area contributed by atoms with Crippen molar-refractivity contribution in [3.63, 3.8) is 0 Å². The third kappa shape index (κ3) is 5.11. The van der Waals surface area contributed by atoms with E-state index >= 15 is 0 Å². The highest BCUT2D eigenvalue weighted by Crippen LogP contribution is 2.05. The molecular weight excluding hydrogens is 206 g/mol. The number of nitrogens with zero attached hydrogens (tertiary/aromatic N) is 1. The molecule has 0 fully saturated rings. The van der Waals surface area contributed by atoms with Gasteiger partial charge in [0.15, 0.2) is 0 Å².